The van der Waals surface area contributed by atoms with E-state index in [2.05, 4.69) is 37.3 Å². The molecule has 1 unspecified atom stereocenters. The van der Waals surface area contributed by atoms with Crippen molar-refractivity contribution in [2.75, 3.05) is 26.7 Å². The summed E-state index contributed by atoms with van der Waals surface area (Å²) in [5, 5.41) is 13.3. The largest absolute Gasteiger partial charge is 0.481 e. The van der Waals surface area contributed by atoms with Crippen LogP contribution in [-0.4, -0.2) is 63.6 Å². The minimum Gasteiger partial charge on any atom is -0.481 e. The number of fused-ring (bicyclic) bond motifs is 1. The van der Waals surface area contributed by atoms with Crippen molar-refractivity contribution in [1.82, 2.24) is 25.2 Å². The van der Waals surface area contributed by atoms with E-state index in [1.165, 1.54) is 7.11 Å². The van der Waals surface area contributed by atoms with Crippen molar-refractivity contribution < 1.29 is 19.4 Å². The maximum Gasteiger partial charge on any atom is 0.305 e. The number of amides is 1. The molecule has 1 spiro atoms. The Morgan fingerprint density at radius 2 is 2.03 bits per heavy atom. The van der Waals surface area contributed by atoms with E-state index in [0.717, 1.165) is 55.6 Å². The average Bonchev–Trinajstić information content (AvgIpc) is 2.81. The number of ether oxygens (including phenoxy) is 1. The Hall–Kier alpha value is -3.59. The third-order valence-corrected chi connectivity index (χ3v) is 7.12. The molecule has 0 bridgehead atoms. The van der Waals surface area contributed by atoms with E-state index in [4.69, 9.17) is 4.74 Å². The zero-order valence-corrected chi connectivity index (χ0v) is 19.7. The van der Waals surface area contributed by atoms with Crippen molar-refractivity contribution >= 4 is 22.9 Å². The number of nitrogens with zero attached hydrogens (tertiary/aromatic N) is 4. The first kappa shape index (κ1) is 23.2. The van der Waals surface area contributed by atoms with Gasteiger partial charge in [0, 0.05) is 61.5 Å². The first-order valence-electron chi connectivity index (χ1n) is 11.9. The molecule has 0 radical (unpaired) electrons. The molecule has 1 saturated heterocycles. The third-order valence-electron chi connectivity index (χ3n) is 7.12. The first-order chi connectivity index (χ1) is 16.9. The lowest BCUT2D eigenvalue weighted by Gasteiger charge is -2.59. The molecule has 1 aliphatic carbocycles. The molecule has 182 valence electrons. The van der Waals surface area contributed by atoms with E-state index in [0.29, 0.717) is 11.4 Å². The lowest BCUT2D eigenvalue weighted by molar-refractivity contribution is -0.145. The molecule has 0 aromatic carbocycles. The maximum absolute atomic E-state index is 12.9. The van der Waals surface area contributed by atoms with Crippen LogP contribution in [0.2, 0.25) is 0 Å². The molecule has 2 aliphatic rings. The monoisotopic (exact) mass is 475 g/mol. The van der Waals surface area contributed by atoms with Gasteiger partial charge in [0.05, 0.1) is 19.6 Å². The topological polar surface area (TPSA) is 118 Å². The molecule has 9 nitrogen and oxygen atoms in total. The minimum absolute atomic E-state index is 0.0760. The van der Waals surface area contributed by atoms with Gasteiger partial charge in [-0.3, -0.25) is 9.59 Å². The summed E-state index contributed by atoms with van der Waals surface area (Å²) in [5.41, 5.74) is 2.69. The zero-order chi connectivity index (χ0) is 24.4. The molecule has 1 saturated carbocycles. The molecule has 9 heteroatoms. The molecule has 2 N–H and O–H groups in total. The SMILES string of the molecule is COc1ccc(C(CC(=O)O)NC(=O)C2CC3(C2)CN(CCc2ccc4cccnc4n2)C3)cn1. The van der Waals surface area contributed by atoms with Gasteiger partial charge in [-0.15, -0.1) is 0 Å². The Morgan fingerprint density at radius 1 is 1.20 bits per heavy atom. The fourth-order valence-electron chi connectivity index (χ4n) is 5.33. The zero-order valence-electron chi connectivity index (χ0n) is 19.7. The van der Waals surface area contributed by atoms with E-state index in [-0.39, 0.29) is 23.7 Å². The first-order valence-corrected chi connectivity index (χ1v) is 11.9. The van der Waals surface area contributed by atoms with Crippen LogP contribution in [0.15, 0.2) is 48.8 Å². The number of rotatable bonds is 9. The summed E-state index contributed by atoms with van der Waals surface area (Å²) in [4.78, 5) is 39.8. The van der Waals surface area contributed by atoms with E-state index in [1.807, 2.05) is 12.1 Å². The molecule has 1 atom stereocenters. The number of carboxylic acid groups (broad SMARTS) is 1. The summed E-state index contributed by atoms with van der Waals surface area (Å²) in [6, 6.07) is 10.9. The molecule has 2 fully saturated rings. The number of carbonyl (C=O) groups excluding carboxylic acids is 1. The van der Waals surface area contributed by atoms with Crippen LogP contribution in [0.3, 0.4) is 0 Å². The predicted octanol–water partition coefficient (Wildman–Crippen LogP) is 2.62. The van der Waals surface area contributed by atoms with E-state index < -0.39 is 12.0 Å². The van der Waals surface area contributed by atoms with Crippen molar-refractivity contribution in [2.24, 2.45) is 11.3 Å². The van der Waals surface area contributed by atoms with Crippen molar-refractivity contribution in [2.45, 2.75) is 31.7 Å². The fraction of sp³-hybridized carbons (Fsp3) is 0.423. The van der Waals surface area contributed by atoms with Crippen LogP contribution in [0.4, 0.5) is 0 Å². The lowest BCUT2D eigenvalue weighted by Crippen LogP contribution is -2.64. The van der Waals surface area contributed by atoms with Gasteiger partial charge in [-0.1, -0.05) is 6.07 Å². The number of nitrogens with one attached hydrogen (secondary N) is 1. The Balaban J connectivity index is 1.09. The van der Waals surface area contributed by atoms with Gasteiger partial charge in [0.2, 0.25) is 11.8 Å². The van der Waals surface area contributed by atoms with Gasteiger partial charge in [-0.2, -0.15) is 0 Å². The molecule has 1 amide bonds. The van der Waals surface area contributed by atoms with Crippen LogP contribution in [0.25, 0.3) is 11.0 Å². The molecule has 1 aliphatic heterocycles. The second kappa shape index (κ2) is 9.58. The summed E-state index contributed by atoms with van der Waals surface area (Å²) >= 11 is 0. The number of methoxy groups -OCH3 is 1. The number of pyridine rings is 3. The standard InChI is InChI=1S/C26H29N5O4/c1-35-22-7-5-18(14-28-22)21(11-23(32)33)30-25(34)19-12-26(13-19)15-31(16-26)10-8-20-6-4-17-3-2-9-27-24(17)29-20/h2-7,9,14,19,21H,8,10-13,15-16H2,1H3,(H,30,34)(H,32,33). The third kappa shape index (κ3) is 5.09. The van der Waals surface area contributed by atoms with Crippen molar-refractivity contribution in [1.29, 1.82) is 0 Å². The molecular formula is C26H29N5O4. The number of carboxylic acids is 1. The van der Waals surface area contributed by atoms with Crippen molar-refractivity contribution in [3.63, 3.8) is 0 Å². The average molecular weight is 476 g/mol. The second-order valence-electron chi connectivity index (χ2n) is 9.71. The molecule has 3 aromatic rings. The molecule has 35 heavy (non-hydrogen) atoms. The maximum atomic E-state index is 12.9. The normalized spacial score (nSPS) is 18.0. The Kier molecular flexibility index (Phi) is 6.34. The van der Waals surface area contributed by atoms with E-state index in [1.54, 1.807) is 24.5 Å². The molecular weight excluding hydrogens is 446 g/mol. The smallest absolute Gasteiger partial charge is 0.305 e. The Bertz CT molecular complexity index is 1220. The van der Waals surface area contributed by atoms with Gasteiger partial charge in [0.1, 0.15) is 0 Å². The van der Waals surface area contributed by atoms with Crippen LogP contribution < -0.4 is 10.1 Å². The van der Waals surface area contributed by atoms with Crippen molar-refractivity contribution in [3.05, 3.63) is 60.0 Å². The summed E-state index contributed by atoms with van der Waals surface area (Å²) in [5.74, 6) is -0.683. The van der Waals surface area contributed by atoms with Crippen LogP contribution in [-0.2, 0) is 16.0 Å². The second-order valence-corrected chi connectivity index (χ2v) is 9.71. The fourth-order valence-corrected chi connectivity index (χ4v) is 5.33. The van der Waals surface area contributed by atoms with Crippen molar-refractivity contribution in [3.8, 4) is 5.88 Å². The number of carbonyl (C=O) groups is 2. The molecule has 5 rings (SSSR count). The predicted molar refractivity (Wildman–Crippen MR) is 129 cm³/mol. The quantitative estimate of drug-likeness (QED) is 0.485. The van der Waals surface area contributed by atoms with Gasteiger partial charge in [-0.05, 0) is 48.1 Å². The highest BCUT2D eigenvalue weighted by Crippen LogP contribution is 2.52. The van der Waals surface area contributed by atoms with Crippen LogP contribution in [0.1, 0.15) is 36.6 Å². The van der Waals surface area contributed by atoms with E-state index >= 15 is 0 Å². The summed E-state index contributed by atoms with van der Waals surface area (Å²) < 4.78 is 5.06. The van der Waals surface area contributed by atoms with Gasteiger partial charge >= 0.3 is 5.97 Å². The Morgan fingerprint density at radius 3 is 2.74 bits per heavy atom. The van der Waals surface area contributed by atoms with Gasteiger partial charge in [0.15, 0.2) is 5.65 Å². The number of likely N-dealkylation sites (tertiary alicyclic amines) is 1. The Labute approximate surface area is 203 Å². The van der Waals surface area contributed by atoms with Crippen LogP contribution in [0, 0.1) is 11.3 Å². The van der Waals surface area contributed by atoms with Crippen LogP contribution in [0.5, 0.6) is 5.88 Å². The van der Waals surface area contributed by atoms with Crippen LogP contribution >= 0.6 is 0 Å². The number of aromatic nitrogens is 3. The highest BCUT2D eigenvalue weighted by atomic mass is 16.5. The number of hydrogen-bond donors (Lipinski definition) is 2. The highest BCUT2D eigenvalue weighted by Gasteiger charge is 2.54. The summed E-state index contributed by atoms with van der Waals surface area (Å²) in [7, 11) is 1.52. The number of hydrogen-bond acceptors (Lipinski definition) is 7. The summed E-state index contributed by atoms with van der Waals surface area (Å²) in [6.07, 6.45) is 5.68. The van der Waals surface area contributed by atoms with Gasteiger partial charge in [-0.25, -0.2) is 15.0 Å². The van der Waals surface area contributed by atoms with E-state index in [9.17, 15) is 14.7 Å². The highest BCUT2D eigenvalue weighted by molar-refractivity contribution is 5.81. The lowest BCUT2D eigenvalue weighted by atomic mass is 9.57. The van der Waals surface area contributed by atoms with Gasteiger partial charge in [0.25, 0.3) is 0 Å². The van der Waals surface area contributed by atoms with Gasteiger partial charge < -0.3 is 20.1 Å². The summed E-state index contributed by atoms with van der Waals surface area (Å²) in [6.45, 7) is 2.92. The number of aliphatic carboxylic acids is 1. The molecule has 3 aromatic heterocycles. The minimum atomic E-state index is -0.970. The molecule has 4 heterocycles.